The number of hydrogen-bond donors (Lipinski definition) is 1. The van der Waals surface area contributed by atoms with Gasteiger partial charge >= 0.3 is 0 Å². The second-order valence-corrected chi connectivity index (χ2v) is 7.65. The van der Waals surface area contributed by atoms with Crippen LogP contribution in [0.15, 0.2) is 41.0 Å². The summed E-state index contributed by atoms with van der Waals surface area (Å²) in [5, 5.41) is 3.01. The van der Waals surface area contributed by atoms with Crippen molar-refractivity contribution >= 4 is 11.8 Å². The molecule has 1 saturated heterocycles. The SMILES string of the molecule is COc1ccc([C@@H]2CN(C(=O)c3ccco3)C[C@H]2C(=O)NCC(C)C)c(OC)c1. The predicted octanol–water partition coefficient (Wildman–Crippen LogP) is 2.92. The van der Waals surface area contributed by atoms with Crippen LogP contribution in [0.2, 0.25) is 0 Å². The third kappa shape index (κ3) is 4.55. The van der Waals surface area contributed by atoms with E-state index in [1.807, 2.05) is 26.0 Å². The number of nitrogens with one attached hydrogen (secondary N) is 1. The van der Waals surface area contributed by atoms with Crippen LogP contribution in [0.5, 0.6) is 11.5 Å². The van der Waals surface area contributed by atoms with E-state index in [9.17, 15) is 9.59 Å². The van der Waals surface area contributed by atoms with Crippen molar-refractivity contribution in [1.82, 2.24) is 10.2 Å². The third-order valence-electron chi connectivity index (χ3n) is 5.20. The lowest BCUT2D eigenvalue weighted by atomic mass is 9.87. The van der Waals surface area contributed by atoms with Gasteiger partial charge in [-0.15, -0.1) is 0 Å². The molecule has 29 heavy (non-hydrogen) atoms. The molecular formula is C22H28N2O5. The zero-order chi connectivity index (χ0) is 21.0. The molecule has 1 fully saturated rings. The Labute approximate surface area is 171 Å². The average molecular weight is 400 g/mol. The summed E-state index contributed by atoms with van der Waals surface area (Å²) < 4.78 is 16.1. The number of rotatable bonds is 7. The molecule has 1 aliphatic rings. The first-order valence-electron chi connectivity index (χ1n) is 9.77. The maximum absolute atomic E-state index is 13.0. The van der Waals surface area contributed by atoms with E-state index in [0.717, 1.165) is 5.56 Å². The quantitative estimate of drug-likeness (QED) is 0.773. The molecule has 2 aromatic rings. The summed E-state index contributed by atoms with van der Waals surface area (Å²) in [5.41, 5.74) is 0.882. The molecule has 0 aliphatic carbocycles. The van der Waals surface area contributed by atoms with E-state index in [0.29, 0.717) is 37.1 Å². The Bertz CT molecular complexity index is 847. The molecule has 2 amide bonds. The van der Waals surface area contributed by atoms with Gasteiger partial charge in [-0.1, -0.05) is 19.9 Å². The van der Waals surface area contributed by atoms with Crippen LogP contribution in [0, 0.1) is 11.8 Å². The number of amides is 2. The maximum Gasteiger partial charge on any atom is 0.289 e. The average Bonchev–Trinajstić information content (AvgIpc) is 3.41. The molecule has 7 nitrogen and oxygen atoms in total. The number of nitrogens with zero attached hydrogens (tertiary/aromatic N) is 1. The molecule has 0 radical (unpaired) electrons. The molecule has 3 rings (SSSR count). The van der Waals surface area contributed by atoms with Crippen LogP contribution >= 0.6 is 0 Å². The third-order valence-corrected chi connectivity index (χ3v) is 5.20. The molecule has 0 unspecified atom stereocenters. The van der Waals surface area contributed by atoms with E-state index in [1.54, 1.807) is 37.3 Å². The fourth-order valence-corrected chi connectivity index (χ4v) is 3.67. The highest BCUT2D eigenvalue weighted by atomic mass is 16.5. The lowest BCUT2D eigenvalue weighted by Gasteiger charge is -2.21. The van der Waals surface area contributed by atoms with Crippen LogP contribution in [0.3, 0.4) is 0 Å². The highest BCUT2D eigenvalue weighted by Crippen LogP contribution is 2.39. The smallest absolute Gasteiger partial charge is 0.289 e. The Balaban J connectivity index is 1.90. The van der Waals surface area contributed by atoms with Gasteiger partial charge in [-0.3, -0.25) is 9.59 Å². The Morgan fingerprint density at radius 1 is 1.21 bits per heavy atom. The highest BCUT2D eigenvalue weighted by molar-refractivity contribution is 5.92. The van der Waals surface area contributed by atoms with Gasteiger partial charge in [-0.05, 0) is 24.1 Å². The van der Waals surface area contributed by atoms with Crippen molar-refractivity contribution in [3.05, 3.63) is 47.9 Å². The van der Waals surface area contributed by atoms with Gasteiger partial charge in [-0.25, -0.2) is 0 Å². The molecule has 0 saturated carbocycles. The molecule has 1 aliphatic heterocycles. The monoisotopic (exact) mass is 400 g/mol. The molecule has 156 valence electrons. The van der Waals surface area contributed by atoms with E-state index in [1.165, 1.54) is 6.26 Å². The summed E-state index contributed by atoms with van der Waals surface area (Å²) in [7, 11) is 3.18. The minimum Gasteiger partial charge on any atom is -0.497 e. The van der Waals surface area contributed by atoms with Crippen LogP contribution in [-0.4, -0.2) is 50.6 Å². The Kier molecular flexibility index (Phi) is 6.46. The van der Waals surface area contributed by atoms with Crippen molar-refractivity contribution in [2.75, 3.05) is 33.9 Å². The number of likely N-dealkylation sites (tertiary alicyclic amines) is 1. The summed E-state index contributed by atoms with van der Waals surface area (Å²) in [5.74, 6) is 1.08. The summed E-state index contributed by atoms with van der Waals surface area (Å²) in [6.07, 6.45) is 1.47. The number of ether oxygens (including phenoxy) is 2. The first kappa shape index (κ1) is 20.8. The molecule has 0 bridgehead atoms. The molecule has 1 aromatic carbocycles. The molecule has 0 spiro atoms. The molecule has 1 aromatic heterocycles. The van der Waals surface area contributed by atoms with Crippen LogP contribution in [0.1, 0.15) is 35.9 Å². The second kappa shape index (κ2) is 9.03. The fraction of sp³-hybridized carbons (Fsp3) is 0.455. The van der Waals surface area contributed by atoms with Crippen LogP contribution in [0.4, 0.5) is 0 Å². The maximum atomic E-state index is 13.0. The number of methoxy groups -OCH3 is 2. The molecule has 1 N–H and O–H groups in total. The number of carbonyl (C=O) groups excluding carboxylic acids is 2. The summed E-state index contributed by atoms with van der Waals surface area (Å²) in [4.78, 5) is 27.5. The zero-order valence-corrected chi connectivity index (χ0v) is 17.3. The summed E-state index contributed by atoms with van der Waals surface area (Å²) >= 11 is 0. The van der Waals surface area contributed by atoms with Crippen molar-refractivity contribution in [3.8, 4) is 11.5 Å². The molecule has 7 heteroatoms. The van der Waals surface area contributed by atoms with Crippen molar-refractivity contribution < 1.29 is 23.5 Å². The molecule has 2 atom stereocenters. The van der Waals surface area contributed by atoms with Crippen LogP contribution in [-0.2, 0) is 4.79 Å². The number of furan rings is 1. The van der Waals surface area contributed by atoms with E-state index in [4.69, 9.17) is 13.9 Å². The standard InChI is InChI=1S/C22H28N2O5/c1-14(2)11-23-21(25)18-13-24(22(26)19-6-5-9-29-19)12-17(18)16-8-7-15(27-3)10-20(16)28-4/h5-10,14,17-18H,11-13H2,1-4H3,(H,23,25)/t17-,18+/m0/s1. The van der Waals surface area contributed by atoms with Gasteiger partial charge in [0.15, 0.2) is 5.76 Å². The topological polar surface area (TPSA) is 81.0 Å². The van der Waals surface area contributed by atoms with E-state index >= 15 is 0 Å². The molecule has 2 heterocycles. The van der Waals surface area contributed by atoms with Crippen LogP contribution < -0.4 is 14.8 Å². The van der Waals surface area contributed by atoms with Crippen molar-refractivity contribution in [2.45, 2.75) is 19.8 Å². The van der Waals surface area contributed by atoms with Gasteiger partial charge in [0.25, 0.3) is 5.91 Å². The first-order chi connectivity index (χ1) is 13.9. The Hall–Kier alpha value is -2.96. The largest absolute Gasteiger partial charge is 0.497 e. The minimum absolute atomic E-state index is 0.0590. The van der Waals surface area contributed by atoms with Crippen LogP contribution in [0.25, 0.3) is 0 Å². The van der Waals surface area contributed by atoms with Crippen molar-refractivity contribution in [1.29, 1.82) is 0 Å². The van der Waals surface area contributed by atoms with Crippen molar-refractivity contribution in [3.63, 3.8) is 0 Å². The van der Waals surface area contributed by atoms with Gasteiger partial charge in [0.05, 0.1) is 26.4 Å². The van der Waals surface area contributed by atoms with E-state index in [-0.39, 0.29) is 29.4 Å². The van der Waals surface area contributed by atoms with Gasteiger partial charge in [0.2, 0.25) is 5.91 Å². The zero-order valence-electron chi connectivity index (χ0n) is 17.3. The Morgan fingerprint density at radius 2 is 2.00 bits per heavy atom. The Morgan fingerprint density at radius 3 is 2.62 bits per heavy atom. The van der Waals surface area contributed by atoms with Gasteiger partial charge in [-0.2, -0.15) is 0 Å². The molecular weight excluding hydrogens is 372 g/mol. The highest BCUT2D eigenvalue weighted by Gasteiger charge is 2.42. The number of benzene rings is 1. The van der Waals surface area contributed by atoms with E-state index in [2.05, 4.69) is 5.32 Å². The van der Waals surface area contributed by atoms with E-state index < -0.39 is 0 Å². The van der Waals surface area contributed by atoms with Gasteiger partial charge < -0.3 is 24.1 Å². The fourth-order valence-electron chi connectivity index (χ4n) is 3.67. The number of hydrogen-bond acceptors (Lipinski definition) is 5. The lowest BCUT2D eigenvalue weighted by Crippen LogP contribution is -2.37. The van der Waals surface area contributed by atoms with Crippen molar-refractivity contribution in [2.24, 2.45) is 11.8 Å². The predicted molar refractivity (Wildman–Crippen MR) is 108 cm³/mol. The first-order valence-corrected chi connectivity index (χ1v) is 9.77. The minimum atomic E-state index is -0.380. The number of carbonyl (C=O) groups is 2. The lowest BCUT2D eigenvalue weighted by molar-refractivity contribution is -0.125. The summed E-state index contributed by atoms with van der Waals surface area (Å²) in [6.45, 7) is 5.41. The second-order valence-electron chi connectivity index (χ2n) is 7.65. The van der Waals surface area contributed by atoms with Gasteiger partial charge in [0, 0.05) is 37.2 Å². The normalized spacial score (nSPS) is 18.7. The van der Waals surface area contributed by atoms with Gasteiger partial charge in [0.1, 0.15) is 11.5 Å². The summed E-state index contributed by atoms with van der Waals surface area (Å²) in [6, 6.07) is 8.87.